The first-order chi connectivity index (χ1) is 5.24. The summed E-state index contributed by atoms with van der Waals surface area (Å²) in [7, 11) is 1.63. The average Bonchev–Trinajstić information content (AvgIpc) is 2.28. The van der Waals surface area contributed by atoms with Crippen molar-refractivity contribution >= 4 is 5.97 Å². The Bertz CT molecular complexity index is 158. The summed E-state index contributed by atoms with van der Waals surface area (Å²) < 4.78 is 9.81. The molecule has 1 fully saturated rings. The summed E-state index contributed by atoms with van der Waals surface area (Å²) in [5.41, 5.74) is 0.575. The molecular formula is C8H12O3. The highest BCUT2D eigenvalue weighted by molar-refractivity contribution is 5.89. The lowest BCUT2D eigenvalue weighted by Crippen LogP contribution is -2.09. The van der Waals surface area contributed by atoms with Crippen molar-refractivity contribution in [2.24, 2.45) is 0 Å². The molecule has 1 saturated heterocycles. The zero-order chi connectivity index (χ0) is 8.27. The van der Waals surface area contributed by atoms with Crippen molar-refractivity contribution < 1.29 is 14.3 Å². The van der Waals surface area contributed by atoms with E-state index < -0.39 is 0 Å². The minimum absolute atomic E-state index is 0.00468. The number of carbonyl (C=O) groups is 1. The van der Waals surface area contributed by atoms with Crippen LogP contribution in [0.4, 0.5) is 0 Å². The maximum absolute atomic E-state index is 10.8. The fourth-order valence-electron chi connectivity index (χ4n) is 1.04. The first-order valence-electron chi connectivity index (χ1n) is 3.61. The number of esters is 1. The van der Waals surface area contributed by atoms with Gasteiger partial charge >= 0.3 is 5.97 Å². The van der Waals surface area contributed by atoms with Crippen LogP contribution in [0.1, 0.15) is 12.8 Å². The van der Waals surface area contributed by atoms with E-state index in [1.54, 1.807) is 7.11 Å². The van der Waals surface area contributed by atoms with Gasteiger partial charge in [0, 0.05) is 32.1 Å². The minimum atomic E-state index is -0.258. The van der Waals surface area contributed by atoms with Gasteiger partial charge in [-0.15, -0.1) is 0 Å². The van der Waals surface area contributed by atoms with Crippen LogP contribution in [-0.2, 0) is 14.3 Å². The lowest BCUT2D eigenvalue weighted by molar-refractivity contribution is -0.139. The summed E-state index contributed by atoms with van der Waals surface area (Å²) >= 11 is 0. The van der Waals surface area contributed by atoms with Gasteiger partial charge in [0.25, 0.3) is 0 Å². The fourth-order valence-corrected chi connectivity index (χ4v) is 1.04. The van der Waals surface area contributed by atoms with Gasteiger partial charge in [-0.05, 0) is 0 Å². The molecule has 62 valence electrons. The van der Waals surface area contributed by atoms with Gasteiger partial charge in [-0.25, -0.2) is 4.79 Å². The lowest BCUT2D eigenvalue weighted by atomic mass is 10.1. The standard InChI is InChI=1S/C8H12O3/c1-6-5-7(3-4-10-2)11-8(6)9/h7H,1,3-5H2,2H3. The van der Waals surface area contributed by atoms with Gasteiger partial charge in [0.1, 0.15) is 6.10 Å². The van der Waals surface area contributed by atoms with Crippen molar-refractivity contribution in [2.45, 2.75) is 18.9 Å². The van der Waals surface area contributed by atoms with Crippen LogP contribution < -0.4 is 0 Å². The molecule has 0 aliphatic carbocycles. The van der Waals surface area contributed by atoms with Crippen LogP contribution in [0.3, 0.4) is 0 Å². The summed E-state index contributed by atoms with van der Waals surface area (Å²) in [6.07, 6.45) is 1.42. The van der Waals surface area contributed by atoms with Gasteiger partial charge in [-0.3, -0.25) is 0 Å². The molecule has 1 aliphatic rings. The second-order valence-electron chi connectivity index (χ2n) is 2.62. The Morgan fingerprint density at radius 3 is 3.00 bits per heavy atom. The molecule has 1 rings (SSSR count). The molecule has 0 aromatic rings. The number of cyclic esters (lactones) is 1. The third kappa shape index (κ3) is 2.05. The molecule has 0 saturated carbocycles. The van der Waals surface area contributed by atoms with Crippen LogP contribution in [0.5, 0.6) is 0 Å². The van der Waals surface area contributed by atoms with Crippen LogP contribution in [0.2, 0.25) is 0 Å². The maximum atomic E-state index is 10.8. The van der Waals surface area contributed by atoms with E-state index in [4.69, 9.17) is 9.47 Å². The van der Waals surface area contributed by atoms with E-state index in [0.717, 1.165) is 6.42 Å². The largest absolute Gasteiger partial charge is 0.459 e. The van der Waals surface area contributed by atoms with Gasteiger partial charge in [0.2, 0.25) is 0 Å². The van der Waals surface area contributed by atoms with Crippen LogP contribution >= 0.6 is 0 Å². The molecule has 0 bridgehead atoms. The SMILES string of the molecule is C=C1CC(CCOC)OC1=O. The molecule has 11 heavy (non-hydrogen) atoms. The average molecular weight is 156 g/mol. The number of rotatable bonds is 3. The molecule has 1 heterocycles. The third-order valence-corrected chi connectivity index (χ3v) is 1.68. The first kappa shape index (κ1) is 8.27. The van der Waals surface area contributed by atoms with Gasteiger partial charge in [0.05, 0.1) is 0 Å². The maximum Gasteiger partial charge on any atom is 0.333 e. The van der Waals surface area contributed by atoms with E-state index in [-0.39, 0.29) is 12.1 Å². The highest BCUT2D eigenvalue weighted by Crippen LogP contribution is 2.20. The summed E-state index contributed by atoms with van der Waals surface area (Å²) in [6.45, 7) is 4.21. The molecule has 0 amide bonds. The van der Waals surface area contributed by atoms with Crippen molar-refractivity contribution in [1.82, 2.24) is 0 Å². The predicted molar refractivity (Wildman–Crippen MR) is 40.1 cm³/mol. The van der Waals surface area contributed by atoms with E-state index >= 15 is 0 Å². The minimum Gasteiger partial charge on any atom is -0.459 e. The van der Waals surface area contributed by atoms with E-state index in [1.807, 2.05) is 0 Å². The number of methoxy groups -OCH3 is 1. The van der Waals surface area contributed by atoms with Crippen molar-refractivity contribution in [3.63, 3.8) is 0 Å². The molecule has 3 heteroatoms. The Labute approximate surface area is 66.0 Å². The van der Waals surface area contributed by atoms with E-state index in [0.29, 0.717) is 18.6 Å². The number of hydrogen-bond donors (Lipinski definition) is 0. The third-order valence-electron chi connectivity index (χ3n) is 1.68. The molecule has 0 radical (unpaired) electrons. The van der Waals surface area contributed by atoms with E-state index in [1.165, 1.54) is 0 Å². The number of carbonyl (C=O) groups excluding carboxylic acids is 1. The molecule has 3 nitrogen and oxygen atoms in total. The Morgan fingerprint density at radius 2 is 2.55 bits per heavy atom. The Balaban J connectivity index is 2.29. The van der Waals surface area contributed by atoms with Crippen molar-refractivity contribution in [1.29, 1.82) is 0 Å². The van der Waals surface area contributed by atoms with Gasteiger partial charge in [-0.1, -0.05) is 6.58 Å². The predicted octanol–water partition coefficient (Wildman–Crippen LogP) is 0.895. The van der Waals surface area contributed by atoms with E-state index in [9.17, 15) is 4.79 Å². The topological polar surface area (TPSA) is 35.5 Å². The van der Waals surface area contributed by atoms with Gasteiger partial charge < -0.3 is 9.47 Å². The summed E-state index contributed by atoms with van der Waals surface area (Å²) in [6, 6.07) is 0. The van der Waals surface area contributed by atoms with Crippen LogP contribution in [-0.4, -0.2) is 25.8 Å². The monoisotopic (exact) mass is 156 g/mol. The molecule has 0 spiro atoms. The van der Waals surface area contributed by atoms with Gasteiger partial charge in [0.15, 0.2) is 0 Å². The fraction of sp³-hybridized carbons (Fsp3) is 0.625. The normalized spacial score (nSPS) is 23.9. The van der Waals surface area contributed by atoms with Crippen LogP contribution in [0.15, 0.2) is 12.2 Å². The molecule has 0 aromatic heterocycles. The molecule has 1 atom stereocenters. The smallest absolute Gasteiger partial charge is 0.333 e. The number of ether oxygens (including phenoxy) is 2. The highest BCUT2D eigenvalue weighted by Gasteiger charge is 2.26. The lowest BCUT2D eigenvalue weighted by Gasteiger charge is -2.05. The molecule has 0 aromatic carbocycles. The second kappa shape index (κ2) is 3.53. The highest BCUT2D eigenvalue weighted by atomic mass is 16.6. The van der Waals surface area contributed by atoms with Crippen LogP contribution in [0.25, 0.3) is 0 Å². The molecular weight excluding hydrogens is 144 g/mol. The van der Waals surface area contributed by atoms with Crippen molar-refractivity contribution in [3.05, 3.63) is 12.2 Å². The van der Waals surface area contributed by atoms with Gasteiger partial charge in [-0.2, -0.15) is 0 Å². The Kier molecular flexibility index (Phi) is 2.65. The van der Waals surface area contributed by atoms with E-state index in [2.05, 4.69) is 6.58 Å². The zero-order valence-corrected chi connectivity index (χ0v) is 6.63. The van der Waals surface area contributed by atoms with Crippen molar-refractivity contribution in [3.8, 4) is 0 Å². The van der Waals surface area contributed by atoms with Crippen molar-refractivity contribution in [2.75, 3.05) is 13.7 Å². The Morgan fingerprint density at radius 1 is 1.82 bits per heavy atom. The van der Waals surface area contributed by atoms with Crippen LogP contribution in [0, 0.1) is 0 Å². The second-order valence-corrected chi connectivity index (χ2v) is 2.62. The Hall–Kier alpha value is -0.830. The summed E-state index contributed by atoms with van der Waals surface area (Å²) in [5, 5.41) is 0. The summed E-state index contributed by atoms with van der Waals surface area (Å²) in [5.74, 6) is -0.258. The molecule has 1 unspecified atom stereocenters. The molecule has 1 aliphatic heterocycles. The molecule has 0 N–H and O–H groups in total. The first-order valence-corrected chi connectivity index (χ1v) is 3.61. The summed E-state index contributed by atoms with van der Waals surface area (Å²) in [4.78, 5) is 10.8. The number of hydrogen-bond acceptors (Lipinski definition) is 3. The zero-order valence-electron chi connectivity index (χ0n) is 6.63. The quantitative estimate of drug-likeness (QED) is 0.449.